The first-order valence-electron chi connectivity index (χ1n) is 6.35. The van der Waals surface area contributed by atoms with E-state index >= 15 is 0 Å². The minimum Gasteiger partial charge on any atom is -0.332 e. The average molecular weight is 257 g/mol. The Hall–Kier alpha value is -0.720. The summed E-state index contributed by atoms with van der Waals surface area (Å²) in [6, 6.07) is 0. The van der Waals surface area contributed by atoms with Gasteiger partial charge in [0.15, 0.2) is 0 Å². The van der Waals surface area contributed by atoms with Crippen LogP contribution in [0.1, 0.15) is 32.1 Å². The van der Waals surface area contributed by atoms with Gasteiger partial charge in [0, 0.05) is 18.8 Å². The third kappa shape index (κ3) is 6.55. The van der Waals surface area contributed by atoms with Gasteiger partial charge in [0.05, 0.1) is 13.1 Å². The van der Waals surface area contributed by atoms with E-state index in [0.717, 1.165) is 38.2 Å². The Morgan fingerprint density at radius 2 is 2.18 bits per heavy atom. The SMILES string of the molecule is O=C1CCCN1CC#CCNCCCCCCl. The lowest BCUT2D eigenvalue weighted by atomic mass is 10.2. The minimum atomic E-state index is 0.244. The molecule has 0 unspecified atom stereocenters. The largest absolute Gasteiger partial charge is 0.332 e. The second kappa shape index (κ2) is 9.32. The molecule has 0 radical (unpaired) electrons. The van der Waals surface area contributed by atoms with Crippen LogP contribution in [0.15, 0.2) is 0 Å². The summed E-state index contributed by atoms with van der Waals surface area (Å²) >= 11 is 5.58. The van der Waals surface area contributed by atoms with Crippen molar-refractivity contribution >= 4 is 17.5 Å². The van der Waals surface area contributed by atoms with E-state index in [1.54, 1.807) is 0 Å². The Morgan fingerprint density at radius 1 is 1.29 bits per heavy atom. The average Bonchev–Trinajstić information content (AvgIpc) is 2.73. The number of rotatable bonds is 7. The highest BCUT2D eigenvalue weighted by Crippen LogP contribution is 2.07. The van der Waals surface area contributed by atoms with Gasteiger partial charge in [0.1, 0.15) is 0 Å². The summed E-state index contributed by atoms with van der Waals surface area (Å²) in [6.07, 6.45) is 5.09. The summed E-state index contributed by atoms with van der Waals surface area (Å²) in [7, 11) is 0. The maximum absolute atomic E-state index is 11.3. The molecule has 0 aliphatic carbocycles. The van der Waals surface area contributed by atoms with Crippen molar-refractivity contribution < 1.29 is 4.79 Å². The number of nitrogens with zero attached hydrogens (tertiary/aromatic N) is 1. The van der Waals surface area contributed by atoms with Gasteiger partial charge in [0.25, 0.3) is 0 Å². The molecule has 1 saturated heterocycles. The molecular weight excluding hydrogens is 236 g/mol. The van der Waals surface area contributed by atoms with Gasteiger partial charge in [-0.2, -0.15) is 0 Å². The molecule has 0 aromatic carbocycles. The van der Waals surface area contributed by atoms with Crippen LogP contribution in [0.25, 0.3) is 0 Å². The summed E-state index contributed by atoms with van der Waals surface area (Å²) < 4.78 is 0. The van der Waals surface area contributed by atoms with Gasteiger partial charge in [-0.05, 0) is 25.8 Å². The first kappa shape index (κ1) is 14.3. The Kier molecular flexibility index (Phi) is 7.87. The Bertz CT molecular complexity index is 283. The predicted octanol–water partition coefficient (Wildman–Crippen LogP) is 1.61. The lowest BCUT2D eigenvalue weighted by molar-refractivity contribution is -0.127. The van der Waals surface area contributed by atoms with Crippen LogP contribution in [-0.2, 0) is 4.79 Å². The highest BCUT2D eigenvalue weighted by molar-refractivity contribution is 6.17. The van der Waals surface area contributed by atoms with Crippen LogP contribution in [0.3, 0.4) is 0 Å². The zero-order chi connectivity index (χ0) is 12.3. The molecule has 0 saturated carbocycles. The molecule has 0 aromatic rings. The molecule has 0 bridgehead atoms. The highest BCUT2D eigenvalue weighted by atomic mass is 35.5. The maximum atomic E-state index is 11.3. The molecule has 0 atom stereocenters. The topological polar surface area (TPSA) is 32.3 Å². The fourth-order valence-electron chi connectivity index (χ4n) is 1.76. The molecule has 1 rings (SSSR count). The van der Waals surface area contributed by atoms with E-state index in [1.807, 2.05) is 4.90 Å². The quantitative estimate of drug-likeness (QED) is 0.426. The number of amides is 1. The van der Waals surface area contributed by atoms with Crippen molar-refractivity contribution in [2.24, 2.45) is 0 Å². The molecule has 4 heteroatoms. The number of likely N-dealkylation sites (tertiary alicyclic amines) is 1. The van der Waals surface area contributed by atoms with Gasteiger partial charge >= 0.3 is 0 Å². The number of carbonyl (C=O) groups is 1. The van der Waals surface area contributed by atoms with Gasteiger partial charge in [-0.15, -0.1) is 11.6 Å². The van der Waals surface area contributed by atoms with Crippen molar-refractivity contribution in [2.45, 2.75) is 32.1 Å². The predicted molar refractivity (Wildman–Crippen MR) is 71.0 cm³/mol. The number of alkyl halides is 1. The molecule has 1 amide bonds. The molecule has 0 spiro atoms. The first-order chi connectivity index (χ1) is 8.34. The lowest BCUT2D eigenvalue weighted by Gasteiger charge is -2.09. The number of nitrogens with one attached hydrogen (secondary N) is 1. The first-order valence-corrected chi connectivity index (χ1v) is 6.88. The second-order valence-electron chi connectivity index (χ2n) is 4.20. The number of hydrogen-bond acceptors (Lipinski definition) is 2. The van der Waals surface area contributed by atoms with Crippen LogP contribution >= 0.6 is 11.6 Å². The summed E-state index contributed by atoms with van der Waals surface area (Å²) in [5.41, 5.74) is 0. The Balaban J connectivity index is 1.94. The Labute approximate surface area is 109 Å². The van der Waals surface area contributed by atoms with Gasteiger partial charge in [-0.3, -0.25) is 4.79 Å². The van der Waals surface area contributed by atoms with Crippen LogP contribution in [0.4, 0.5) is 0 Å². The zero-order valence-corrected chi connectivity index (χ0v) is 11.1. The summed E-state index contributed by atoms with van der Waals surface area (Å²) in [4.78, 5) is 13.1. The standard InChI is InChI=1S/C13H21ClN2O/c14-8-2-1-3-9-15-10-4-5-11-16-12-6-7-13(16)17/h15H,1-3,6-12H2. The molecule has 17 heavy (non-hydrogen) atoms. The van der Waals surface area contributed by atoms with Gasteiger partial charge in [-0.1, -0.05) is 18.3 Å². The van der Waals surface area contributed by atoms with E-state index in [-0.39, 0.29) is 5.91 Å². The molecule has 1 N–H and O–H groups in total. The highest BCUT2D eigenvalue weighted by Gasteiger charge is 2.18. The number of halogens is 1. The van der Waals surface area contributed by atoms with Crippen molar-refractivity contribution in [1.29, 1.82) is 0 Å². The van der Waals surface area contributed by atoms with Gasteiger partial charge in [-0.25, -0.2) is 0 Å². The molecule has 96 valence electrons. The molecule has 0 aromatic heterocycles. The fourth-order valence-corrected chi connectivity index (χ4v) is 1.95. The van der Waals surface area contributed by atoms with Crippen molar-refractivity contribution in [3.63, 3.8) is 0 Å². The molecule has 3 nitrogen and oxygen atoms in total. The van der Waals surface area contributed by atoms with Gasteiger partial charge in [0.2, 0.25) is 5.91 Å². The molecule has 1 heterocycles. The summed E-state index contributed by atoms with van der Waals surface area (Å²) in [5, 5.41) is 3.26. The van der Waals surface area contributed by atoms with Crippen molar-refractivity contribution in [3.8, 4) is 11.8 Å². The van der Waals surface area contributed by atoms with Crippen LogP contribution < -0.4 is 5.32 Å². The van der Waals surface area contributed by atoms with Crippen molar-refractivity contribution in [2.75, 3.05) is 32.1 Å². The molecule has 1 aliphatic heterocycles. The minimum absolute atomic E-state index is 0.244. The molecule has 1 aliphatic rings. The third-order valence-electron chi connectivity index (χ3n) is 2.77. The number of unbranched alkanes of at least 4 members (excludes halogenated alkanes) is 2. The molecular formula is C13H21ClN2O. The van der Waals surface area contributed by atoms with Crippen LogP contribution in [0, 0.1) is 11.8 Å². The van der Waals surface area contributed by atoms with E-state index in [9.17, 15) is 4.79 Å². The smallest absolute Gasteiger partial charge is 0.223 e. The summed E-state index contributed by atoms with van der Waals surface area (Å²) in [5.74, 6) is 7.07. The number of hydrogen-bond donors (Lipinski definition) is 1. The van der Waals surface area contributed by atoms with E-state index < -0.39 is 0 Å². The Morgan fingerprint density at radius 3 is 2.88 bits per heavy atom. The van der Waals surface area contributed by atoms with Crippen molar-refractivity contribution in [3.05, 3.63) is 0 Å². The normalized spacial score (nSPS) is 14.9. The third-order valence-corrected chi connectivity index (χ3v) is 3.03. The monoisotopic (exact) mass is 256 g/mol. The number of carbonyl (C=O) groups excluding carboxylic acids is 1. The van der Waals surface area contributed by atoms with Crippen LogP contribution in [-0.4, -0.2) is 42.9 Å². The van der Waals surface area contributed by atoms with E-state index in [1.165, 1.54) is 6.42 Å². The maximum Gasteiger partial charge on any atom is 0.223 e. The fraction of sp³-hybridized carbons (Fsp3) is 0.769. The van der Waals surface area contributed by atoms with E-state index in [4.69, 9.17) is 11.6 Å². The van der Waals surface area contributed by atoms with Crippen LogP contribution in [0.2, 0.25) is 0 Å². The summed E-state index contributed by atoms with van der Waals surface area (Å²) in [6.45, 7) is 3.17. The van der Waals surface area contributed by atoms with Gasteiger partial charge < -0.3 is 10.2 Å². The van der Waals surface area contributed by atoms with Crippen LogP contribution in [0.5, 0.6) is 0 Å². The van der Waals surface area contributed by atoms with Crippen molar-refractivity contribution in [1.82, 2.24) is 10.2 Å². The van der Waals surface area contributed by atoms with E-state index in [0.29, 0.717) is 19.5 Å². The second-order valence-corrected chi connectivity index (χ2v) is 4.58. The van der Waals surface area contributed by atoms with E-state index in [2.05, 4.69) is 17.2 Å². The lowest BCUT2D eigenvalue weighted by Crippen LogP contribution is -2.25. The zero-order valence-electron chi connectivity index (χ0n) is 10.3. The molecule has 1 fully saturated rings.